The van der Waals surface area contributed by atoms with E-state index in [-0.39, 0.29) is 0 Å². The predicted molar refractivity (Wildman–Crippen MR) is 47.8 cm³/mol. The first-order valence-electron chi connectivity index (χ1n) is 5.34. The Morgan fingerprint density at radius 3 is 2.92 bits per heavy atom. The average Bonchev–Trinajstić information content (AvgIpc) is 2.65. The molecule has 1 aliphatic heterocycles. The summed E-state index contributed by atoms with van der Waals surface area (Å²) in [6, 6.07) is 0. The van der Waals surface area contributed by atoms with Crippen LogP contribution in [0.3, 0.4) is 0 Å². The van der Waals surface area contributed by atoms with Crippen LogP contribution in [0.25, 0.3) is 0 Å². The number of fused-ring (bicyclic) bond motifs is 5. The lowest BCUT2D eigenvalue weighted by Gasteiger charge is -2.37. The summed E-state index contributed by atoms with van der Waals surface area (Å²) in [6.07, 6.45) is 5.00. The molecule has 0 radical (unpaired) electrons. The van der Waals surface area contributed by atoms with Gasteiger partial charge in [-0.2, -0.15) is 0 Å². The number of hydrogen-bond donors (Lipinski definition) is 0. The zero-order chi connectivity index (χ0) is 8.34. The first-order chi connectivity index (χ1) is 5.73. The molecular weight excluding hydrogens is 148 g/mol. The van der Waals surface area contributed by atoms with Gasteiger partial charge in [-0.15, -0.1) is 0 Å². The van der Waals surface area contributed by atoms with Crippen LogP contribution in [0.5, 0.6) is 0 Å². The van der Waals surface area contributed by atoms with Crippen molar-refractivity contribution in [2.75, 3.05) is 6.61 Å². The van der Waals surface area contributed by atoms with Gasteiger partial charge in [-0.05, 0) is 43.9 Å². The van der Waals surface area contributed by atoms with Crippen LogP contribution in [-0.4, -0.2) is 12.7 Å². The van der Waals surface area contributed by atoms with Gasteiger partial charge in [0.05, 0.1) is 12.7 Å². The van der Waals surface area contributed by atoms with Crippen LogP contribution in [0.2, 0.25) is 0 Å². The second kappa shape index (κ2) is 2.06. The Bertz CT molecular complexity index is 213. The number of rotatable bonds is 0. The zero-order valence-electron chi connectivity index (χ0n) is 8.05. The van der Waals surface area contributed by atoms with Gasteiger partial charge in [-0.1, -0.05) is 6.92 Å². The molecule has 5 atom stereocenters. The van der Waals surface area contributed by atoms with E-state index in [0.717, 1.165) is 24.4 Å². The fraction of sp³-hybridized carbons (Fsp3) is 1.00. The Morgan fingerprint density at radius 2 is 2.17 bits per heavy atom. The molecule has 0 amide bonds. The molecule has 2 saturated carbocycles. The van der Waals surface area contributed by atoms with Gasteiger partial charge in [0.25, 0.3) is 0 Å². The van der Waals surface area contributed by atoms with Gasteiger partial charge in [0, 0.05) is 5.41 Å². The minimum Gasteiger partial charge on any atom is -0.378 e. The molecule has 2 bridgehead atoms. The van der Waals surface area contributed by atoms with E-state index in [1.54, 1.807) is 0 Å². The van der Waals surface area contributed by atoms with E-state index in [1.165, 1.54) is 19.3 Å². The smallest absolute Gasteiger partial charge is 0.0606 e. The fourth-order valence-electron chi connectivity index (χ4n) is 4.13. The molecule has 3 aliphatic rings. The van der Waals surface area contributed by atoms with Gasteiger partial charge in [0.2, 0.25) is 0 Å². The molecule has 1 heteroatoms. The summed E-state index contributed by atoms with van der Waals surface area (Å²) in [6.45, 7) is 5.80. The van der Waals surface area contributed by atoms with E-state index in [2.05, 4.69) is 13.8 Å². The third-order valence-corrected chi connectivity index (χ3v) is 5.12. The van der Waals surface area contributed by atoms with Crippen molar-refractivity contribution < 1.29 is 4.74 Å². The van der Waals surface area contributed by atoms with E-state index in [4.69, 9.17) is 4.74 Å². The Balaban J connectivity index is 2.01. The highest BCUT2D eigenvalue weighted by Gasteiger charge is 2.60. The van der Waals surface area contributed by atoms with Crippen molar-refractivity contribution in [2.24, 2.45) is 23.2 Å². The zero-order valence-corrected chi connectivity index (χ0v) is 8.05. The Kier molecular flexibility index (Phi) is 1.27. The van der Waals surface area contributed by atoms with E-state index in [9.17, 15) is 0 Å². The molecule has 1 saturated heterocycles. The lowest BCUT2D eigenvalue weighted by atomic mass is 9.66. The molecule has 1 nitrogen and oxygen atoms in total. The topological polar surface area (TPSA) is 9.23 Å². The number of ether oxygens (including phenoxy) is 1. The third kappa shape index (κ3) is 0.618. The molecule has 0 N–H and O–H groups in total. The SMILES string of the molecule is CC1OCC2C3CCC(C3)C12C. The highest BCUT2D eigenvalue weighted by atomic mass is 16.5. The van der Waals surface area contributed by atoms with Crippen molar-refractivity contribution in [1.82, 2.24) is 0 Å². The maximum atomic E-state index is 5.80. The summed E-state index contributed by atoms with van der Waals surface area (Å²) in [5.41, 5.74) is 0.558. The van der Waals surface area contributed by atoms with Crippen molar-refractivity contribution >= 4 is 0 Å². The molecule has 0 aromatic carbocycles. The minimum absolute atomic E-state index is 0.526. The van der Waals surface area contributed by atoms with Crippen LogP contribution in [0, 0.1) is 23.2 Å². The lowest BCUT2D eigenvalue weighted by molar-refractivity contribution is 0.0410. The van der Waals surface area contributed by atoms with Gasteiger partial charge in [0.15, 0.2) is 0 Å². The van der Waals surface area contributed by atoms with Crippen molar-refractivity contribution in [3.05, 3.63) is 0 Å². The summed E-state index contributed by atoms with van der Waals surface area (Å²) in [4.78, 5) is 0. The first-order valence-corrected chi connectivity index (χ1v) is 5.34. The molecular formula is C11H18O. The second-order valence-electron chi connectivity index (χ2n) is 5.22. The van der Waals surface area contributed by atoms with Crippen LogP contribution in [0.1, 0.15) is 33.1 Å². The average molecular weight is 166 g/mol. The highest BCUT2D eigenvalue weighted by molar-refractivity contribution is 5.08. The van der Waals surface area contributed by atoms with Crippen molar-refractivity contribution in [3.8, 4) is 0 Å². The maximum Gasteiger partial charge on any atom is 0.0606 e. The van der Waals surface area contributed by atoms with Crippen molar-refractivity contribution in [3.63, 3.8) is 0 Å². The quantitative estimate of drug-likeness (QED) is 0.537. The molecule has 0 spiro atoms. The van der Waals surface area contributed by atoms with E-state index >= 15 is 0 Å². The maximum absolute atomic E-state index is 5.80. The van der Waals surface area contributed by atoms with E-state index in [1.807, 2.05) is 0 Å². The minimum atomic E-state index is 0.526. The van der Waals surface area contributed by atoms with Crippen LogP contribution >= 0.6 is 0 Å². The van der Waals surface area contributed by atoms with Gasteiger partial charge >= 0.3 is 0 Å². The number of hydrogen-bond acceptors (Lipinski definition) is 1. The fourth-order valence-corrected chi connectivity index (χ4v) is 4.13. The summed E-state index contributed by atoms with van der Waals surface area (Å²) in [5.74, 6) is 2.92. The van der Waals surface area contributed by atoms with Crippen molar-refractivity contribution in [2.45, 2.75) is 39.2 Å². The standard InChI is InChI=1S/C11H18O/c1-7-11(2)9-4-3-8(5-9)10(11)6-12-7/h7-10H,3-6H2,1-2H3. The van der Waals surface area contributed by atoms with Crippen LogP contribution in [0.15, 0.2) is 0 Å². The molecule has 1 heterocycles. The van der Waals surface area contributed by atoms with E-state index in [0.29, 0.717) is 11.5 Å². The normalized spacial score (nSPS) is 62.5. The molecule has 3 rings (SSSR count). The van der Waals surface area contributed by atoms with Crippen LogP contribution in [-0.2, 0) is 4.74 Å². The van der Waals surface area contributed by atoms with Crippen LogP contribution < -0.4 is 0 Å². The predicted octanol–water partition coefficient (Wildman–Crippen LogP) is 2.46. The molecule has 12 heavy (non-hydrogen) atoms. The summed E-state index contributed by atoms with van der Waals surface area (Å²) in [7, 11) is 0. The van der Waals surface area contributed by atoms with E-state index < -0.39 is 0 Å². The van der Waals surface area contributed by atoms with Gasteiger partial charge in [-0.3, -0.25) is 0 Å². The summed E-state index contributed by atoms with van der Waals surface area (Å²) in [5, 5.41) is 0. The second-order valence-corrected chi connectivity index (χ2v) is 5.22. The largest absolute Gasteiger partial charge is 0.378 e. The molecule has 68 valence electrons. The van der Waals surface area contributed by atoms with Crippen LogP contribution in [0.4, 0.5) is 0 Å². The third-order valence-electron chi connectivity index (χ3n) is 5.12. The molecule has 0 aromatic heterocycles. The Labute approximate surface area is 74.5 Å². The molecule has 5 unspecified atom stereocenters. The Morgan fingerprint density at radius 1 is 1.33 bits per heavy atom. The highest BCUT2D eigenvalue weighted by Crippen LogP contribution is 2.63. The summed E-state index contributed by atoms with van der Waals surface area (Å²) < 4.78 is 5.80. The lowest BCUT2D eigenvalue weighted by Crippen LogP contribution is -2.36. The molecule has 2 aliphatic carbocycles. The van der Waals surface area contributed by atoms with Gasteiger partial charge in [0.1, 0.15) is 0 Å². The van der Waals surface area contributed by atoms with Crippen molar-refractivity contribution in [1.29, 1.82) is 0 Å². The Hall–Kier alpha value is -0.0400. The molecule has 0 aromatic rings. The van der Waals surface area contributed by atoms with Gasteiger partial charge in [-0.25, -0.2) is 0 Å². The summed E-state index contributed by atoms with van der Waals surface area (Å²) >= 11 is 0. The van der Waals surface area contributed by atoms with Gasteiger partial charge < -0.3 is 4.74 Å². The monoisotopic (exact) mass is 166 g/mol. The first kappa shape index (κ1) is 7.37. The molecule has 3 fully saturated rings.